The van der Waals surface area contributed by atoms with Crippen LogP contribution in [0.1, 0.15) is 93.9 Å². The van der Waals surface area contributed by atoms with Gasteiger partial charge in [-0.1, -0.05) is 93.2 Å². The molecule has 1 heteroatoms. The number of allylic oxidation sites excluding steroid dienone is 1. The molecule has 0 aliphatic heterocycles. The van der Waals surface area contributed by atoms with Gasteiger partial charge in [0.2, 0.25) is 0 Å². The lowest BCUT2D eigenvalue weighted by Gasteiger charge is -2.42. The van der Waals surface area contributed by atoms with Crippen molar-refractivity contribution in [3.63, 3.8) is 0 Å². The lowest BCUT2D eigenvalue weighted by atomic mass is 9.65. The van der Waals surface area contributed by atoms with E-state index in [1.165, 1.54) is 25.7 Å². The molecule has 0 radical (unpaired) electrons. The summed E-state index contributed by atoms with van der Waals surface area (Å²) in [5.41, 5.74) is 0.181. The topological polar surface area (TPSA) is 20.2 Å². The summed E-state index contributed by atoms with van der Waals surface area (Å²) >= 11 is 0. The van der Waals surface area contributed by atoms with Gasteiger partial charge < -0.3 is 5.11 Å². The van der Waals surface area contributed by atoms with E-state index >= 15 is 0 Å². The maximum absolute atomic E-state index is 10.8. The molecule has 1 N–H and O–H groups in total. The van der Waals surface area contributed by atoms with Crippen molar-refractivity contribution < 1.29 is 5.11 Å². The van der Waals surface area contributed by atoms with Gasteiger partial charge >= 0.3 is 0 Å². The second kappa shape index (κ2) is 9.75. The summed E-state index contributed by atoms with van der Waals surface area (Å²) in [5.74, 6) is 1.24. The summed E-state index contributed by atoms with van der Waals surface area (Å²) in [4.78, 5) is 0. The zero-order valence-electron chi connectivity index (χ0n) is 16.6. The molecule has 3 atom stereocenters. The maximum atomic E-state index is 10.8. The van der Waals surface area contributed by atoms with Crippen LogP contribution in [0.3, 0.4) is 0 Å². The van der Waals surface area contributed by atoms with Gasteiger partial charge in [-0.2, -0.15) is 0 Å². The van der Waals surface area contributed by atoms with E-state index in [2.05, 4.69) is 67.5 Å². The van der Waals surface area contributed by atoms with Crippen LogP contribution < -0.4 is 0 Å². The van der Waals surface area contributed by atoms with E-state index in [-0.39, 0.29) is 16.9 Å². The van der Waals surface area contributed by atoms with Crippen LogP contribution in [0, 0.1) is 22.7 Å². The van der Waals surface area contributed by atoms with Gasteiger partial charge in [-0.25, -0.2) is 0 Å². The average molecular weight is 311 g/mol. The first-order chi connectivity index (χ1) is 10.1. The van der Waals surface area contributed by atoms with E-state index in [0.717, 1.165) is 18.8 Å². The highest BCUT2D eigenvalue weighted by molar-refractivity contribution is 5.01. The highest BCUT2D eigenvalue weighted by Gasteiger charge is 2.38. The summed E-state index contributed by atoms with van der Waals surface area (Å²) in [5, 5.41) is 10.8. The Balaban J connectivity index is 4.75. The molecule has 0 fully saturated rings. The minimum Gasteiger partial charge on any atom is -0.388 e. The van der Waals surface area contributed by atoms with E-state index < -0.39 is 0 Å². The van der Waals surface area contributed by atoms with E-state index in [1.54, 1.807) is 0 Å². The van der Waals surface area contributed by atoms with Gasteiger partial charge in [0.15, 0.2) is 0 Å². The number of rotatable bonds is 10. The third-order valence-corrected chi connectivity index (χ3v) is 5.24. The molecule has 0 heterocycles. The summed E-state index contributed by atoms with van der Waals surface area (Å²) in [7, 11) is 0. The molecule has 0 amide bonds. The fourth-order valence-corrected chi connectivity index (χ4v) is 3.39. The van der Waals surface area contributed by atoms with Crippen LogP contribution in [0.4, 0.5) is 0 Å². The van der Waals surface area contributed by atoms with Crippen molar-refractivity contribution in [1.29, 1.82) is 0 Å². The van der Waals surface area contributed by atoms with Crippen molar-refractivity contribution >= 4 is 0 Å². The first kappa shape index (κ1) is 21.7. The lowest BCUT2D eigenvalue weighted by molar-refractivity contribution is 0.00352. The van der Waals surface area contributed by atoms with Crippen molar-refractivity contribution in [3.8, 4) is 0 Å². The Morgan fingerprint density at radius 3 is 2.05 bits per heavy atom. The van der Waals surface area contributed by atoms with E-state index in [9.17, 15) is 5.11 Å². The van der Waals surface area contributed by atoms with Gasteiger partial charge in [0.1, 0.15) is 0 Å². The highest BCUT2D eigenvalue weighted by atomic mass is 16.3. The predicted octanol–water partition coefficient (Wildman–Crippen LogP) is 6.61. The standard InChI is InChI=1S/C21H42O/c1-9-11-13-18(10-2)14-12-15-19(22)21(8,17(3)4)16-20(5,6)7/h12,15,17-19,22H,9-11,13-14,16H2,1-8H3/b15-12-. The molecule has 0 aliphatic carbocycles. The number of unbranched alkanes of at least 4 members (excludes halogenated alkanes) is 1. The first-order valence-corrected chi connectivity index (χ1v) is 9.41. The summed E-state index contributed by atoms with van der Waals surface area (Å²) in [6.45, 7) is 18.0. The second-order valence-corrected chi connectivity index (χ2v) is 8.92. The third-order valence-electron chi connectivity index (χ3n) is 5.24. The van der Waals surface area contributed by atoms with Crippen LogP contribution in [0.5, 0.6) is 0 Å². The van der Waals surface area contributed by atoms with Crippen LogP contribution in [0.25, 0.3) is 0 Å². The molecule has 0 aliphatic rings. The zero-order valence-corrected chi connectivity index (χ0v) is 16.6. The van der Waals surface area contributed by atoms with Gasteiger partial charge in [-0.15, -0.1) is 0 Å². The van der Waals surface area contributed by atoms with Crippen molar-refractivity contribution in [2.45, 2.75) is 100 Å². The number of aliphatic hydroxyl groups is 1. The van der Waals surface area contributed by atoms with Gasteiger partial charge in [0, 0.05) is 0 Å². The monoisotopic (exact) mass is 310 g/mol. The van der Waals surface area contributed by atoms with Gasteiger partial charge in [0.05, 0.1) is 6.10 Å². The zero-order chi connectivity index (χ0) is 17.4. The van der Waals surface area contributed by atoms with Crippen molar-refractivity contribution in [3.05, 3.63) is 12.2 Å². The minimum absolute atomic E-state index is 0.0557. The van der Waals surface area contributed by atoms with Crippen LogP contribution in [-0.4, -0.2) is 11.2 Å². The molecule has 0 spiro atoms. The molecule has 3 unspecified atom stereocenters. The fraction of sp³-hybridized carbons (Fsp3) is 0.905. The molecule has 0 saturated carbocycles. The molecule has 0 aromatic heterocycles. The molecular weight excluding hydrogens is 268 g/mol. The highest BCUT2D eigenvalue weighted by Crippen LogP contribution is 2.42. The molecule has 0 saturated heterocycles. The van der Waals surface area contributed by atoms with Crippen molar-refractivity contribution in [2.75, 3.05) is 0 Å². The van der Waals surface area contributed by atoms with Crippen LogP contribution in [0.2, 0.25) is 0 Å². The first-order valence-electron chi connectivity index (χ1n) is 9.41. The Bertz CT molecular complexity index is 310. The molecule has 0 aromatic carbocycles. The average Bonchev–Trinajstić information content (AvgIpc) is 2.40. The normalized spacial score (nSPS) is 18.6. The van der Waals surface area contributed by atoms with Gasteiger partial charge in [-0.05, 0) is 35.5 Å². The van der Waals surface area contributed by atoms with Crippen LogP contribution >= 0.6 is 0 Å². The quantitative estimate of drug-likeness (QED) is 0.450. The minimum atomic E-state index is -0.351. The predicted molar refractivity (Wildman–Crippen MR) is 100 cm³/mol. The lowest BCUT2D eigenvalue weighted by Crippen LogP contribution is -2.39. The van der Waals surface area contributed by atoms with Crippen LogP contribution in [-0.2, 0) is 0 Å². The fourth-order valence-electron chi connectivity index (χ4n) is 3.39. The largest absolute Gasteiger partial charge is 0.388 e. The SMILES string of the molecule is CCCCC(CC)C/C=C\C(O)C(C)(CC(C)(C)C)C(C)C. The van der Waals surface area contributed by atoms with Crippen LogP contribution in [0.15, 0.2) is 12.2 Å². The Hall–Kier alpha value is -0.300. The van der Waals surface area contributed by atoms with Crippen molar-refractivity contribution in [1.82, 2.24) is 0 Å². The second-order valence-electron chi connectivity index (χ2n) is 8.92. The third kappa shape index (κ3) is 7.81. The summed E-state index contributed by atoms with van der Waals surface area (Å²) < 4.78 is 0. The summed E-state index contributed by atoms with van der Waals surface area (Å²) in [6, 6.07) is 0. The Labute approximate surface area is 140 Å². The van der Waals surface area contributed by atoms with E-state index in [4.69, 9.17) is 0 Å². The Kier molecular flexibility index (Phi) is 9.62. The number of aliphatic hydroxyl groups excluding tert-OH is 1. The molecule has 0 bridgehead atoms. The van der Waals surface area contributed by atoms with E-state index in [0.29, 0.717) is 5.92 Å². The van der Waals surface area contributed by atoms with Gasteiger partial charge in [0.25, 0.3) is 0 Å². The number of hydrogen-bond acceptors (Lipinski definition) is 1. The maximum Gasteiger partial charge on any atom is 0.0777 e. The number of hydrogen-bond donors (Lipinski definition) is 1. The van der Waals surface area contributed by atoms with Crippen molar-refractivity contribution in [2.24, 2.45) is 22.7 Å². The molecule has 132 valence electrons. The smallest absolute Gasteiger partial charge is 0.0777 e. The molecule has 0 aromatic rings. The van der Waals surface area contributed by atoms with E-state index in [1.807, 2.05) is 0 Å². The molecule has 1 nitrogen and oxygen atoms in total. The molecule has 22 heavy (non-hydrogen) atoms. The molecular formula is C21H42O. The Morgan fingerprint density at radius 2 is 1.64 bits per heavy atom. The Morgan fingerprint density at radius 1 is 1.05 bits per heavy atom. The summed E-state index contributed by atoms with van der Waals surface area (Å²) in [6.07, 6.45) is 11.3. The van der Waals surface area contributed by atoms with Gasteiger partial charge in [-0.3, -0.25) is 0 Å². The molecule has 0 rings (SSSR count).